The van der Waals surface area contributed by atoms with Gasteiger partial charge in [0, 0.05) is 53.4 Å². The van der Waals surface area contributed by atoms with Crippen molar-refractivity contribution in [3.63, 3.8) is 0 Å². The van der Waals surface area contributed by atoms with E-state index in [0.29, 0.717) is 45.0 Å². The first-order valence-electron chi connectivity index (χ1n) is 9.41. The number of halogens is 3. The molecule has 30 heavy (non-hydrogen) atoms. The number of hydrogen-bond acceptors (Lipinski definition) is 5. The maximum atomic E-state index is 13.8. The van der Waals surface area contributed by atoms with Crippen molar-refractivity contribution in [2.45, 2.75) is 37.0 Å². The van der Waals surface area contributed by atoms with E-state index >= 15 is 0 Å². The van der Waals surface area contributed by atoms with Gasteiger partial charge in [-0.2, -0.15) is 0 Å². The Bertz CT molecular complexity index is 1080. The van der Waals surface area contributed by atoms with Gasteiger partial charge in [0.25, 0.3) is 5.91 Å². The average Bonchev–Trinajstić information content (AvgIpc) is 2.84. The van der Waals surface area contributed by atoms with Crippen molar-refractivity contribution in [3.8, 4) is 0 Å². The molecule has 0 bridgehead atoms. The van der Waals surface area contributed by atoms with Gasteiger partial charge in [0.15, 0.2) is 0 Å². The number of aromatic nitrogens is 1. The van der Waals surface area contributed by atoms with E-state index in [2.05, 4.69) is 26.2 Å². The molecule has 1 amide bonds. The number of carbonyl (C=O) groups is 1. The van der Waals surface area contributed by atoms with Gasteiger partial charge < -0.3 is 10.2 Å². The van der Waals surface area contributed by atoms with E-state index in [9.17, 15) is 17.8 Å². The van der Waals surface area contributed by atoms with Crippen LogP contribution in [0.2, 0.25) is 0 Å². The van der Waals surface area contributed by atoms with E-state index in [0.717, 1.165) is 0 Å². The van der Waals surface area contributed by atoms with E-state index in [1.807, 2.05) is 0 Å². The Morgan fingerprint density at radius 2 is 2.07 bits per heavy atom. The van der Waals surface area contributed by atoms with Crippen LogP contribution >= 0.6 is 15.9 Å². The molecule has 162 valence electrons. The molecule has 0 saturated carbocycles. The maximum Gasteiger partial charge on any atom is 0.259 e. The molecule has 1 fully saturated rings. The molecule has 3 rings (SSSR count). The summed E-state index contributed by atoms with van der Waals surface area (Å²) in [7, 11) is -2.93. The highest BCUT2D eigenvalue weighted by atomic mass is 79.9. The summed E-state index contributed by atoms with van der Waals surface area (Å²) in [6.45, 7) is 2.25. The molecule has 1 aromatic heterocycles. The largest absolute Gasteiger partial charge is 0.356 e. The highest BCUT2D eigenvalue weighted by Gasteiger charge is 2.33. The molecule has 1 atom stereocenters. The molecule has 0 spiro atoms. The average molecular weight is 501 g/mol. The van der Waals surface area contributed by atoms with Gasteiger partial charge in [-0.1, -0.05) is 6.07 Å². The number of pyridine rings is 1. The highest BCUT2D eigenvalue weighted by Crippen LogP contribution is 2.33. The fourth-order valence-corrected chi connectivity index (χ4v) is 4.35. The SMILES string of the molecule is Cc1c(Br)cnc(N2CCCC(F)(F)CC2)c1C(=O)Nc1cccc([S@](C)(=N)=O)c1. The van der Waals surface area contributed by atoms with Crippen LogP contribution in [-0.4, -0.2) is 40.4 Å². The lowest BCUT2D eigenvalue weighted by Crippen LogP contribution is -2.30. The fourth-order valence-electron chi connectivity index (χ4n) is 3.36. The van der Waals surface area contributed by atoms with Gasteiger partial charge in [0.1, 0.15) is 5.82 Å². The van der Waals surface area contributed by atoms with E-state index in [4.69, 9.17) is 4.78 Å². The summed E-state index contributed by atoms with van der Waals surface area (Å²) >= 11 is 3.39. The summed E-state index contributed by atoms with van der Waals surface area (Å²) in [6, 6.07) is 6.33. The van der Waals surface area contributed by atoms with Crippen LogP contribution in [0.3, 0.4) is 0 Å². The van der Waals surface area contributed by atoms with Gasteiger partial charge in [-0.25, -0.2) is 22.8 Å². The first kappa shape index (κ1) is 22.6. The van der Waals surface area contributed by atoms with Crippen LogP contribution in [0.4, 0.5) is 20.3 Å². The Morgan fingerprint density at radius 1 is 1.33 bits per heavy atom. The molecule has 0 aliphatic carbocycles. The minimum atomic E-state index is -2.93. The second kappa shape index (κ2) is 8.58. The third-order valence-electron chi connectivity index (χ3n) is 5.04. The second-order valence-corrected chi connectivity index (χ2v) is 10.5. The number of benzene rings is 1. The predicted octanol–water partition coefficient (Wildman–Crippen LogP) is 5.07. The molecule has 2 N–H and O–H groups in total. The molecule has 1 saturated heterocycles. The topological polar surface area (TPSA) is 86.2 Å². The van der Waals surface area contributed by atoms with Crippen molar-refractivity contribution in [1.29, 1.82) is 4.78 Å². The van der Waals surface area contributed by atoms with Crippen molar-refractivity contribution in [1.82, 2.24) is 4.98 Å². The summed E-state index contributed by atoms with van der Waals surface area (Å²) in [4.78, 5) is 19.6. The van der Waals surface area contributed by atoms with Crippen molar-refractivity contribution < 1.29 is 17.8 Å². The summed E-state index contributed by atoms with van der Waals surface area (Å²) in [6.07, 6.45) is 2.71. The van der Waals surface area contributed by atoms with Gasteiger partial charge in [-0.3, -0.25) is 4.79 Å². The number of nitrogens with one attached hydrogen (secondary N) is 2. The minimum Gasteiger partial charge on any atom is -0.356 e. The normalized spacial score (nSPS) is 18.4. The molecule has 1 aliphatic heterocycles. The molecular weight excluding hydrogens is 478 g/mol. The Morgan fingerprint density at radius 3 is 2.77 bits per heavy atom. The predicted molar refractivity (Wildman–Crippen MR) is 117 cm³/mol. The van der Waals surface area contributed by atoms with Gasteiger partial charge >= 0.3 is 0 Å². The summed E-state index contributed by atoms with van der Waals surface area (Å²) in [5.41, 5.74) is 1.33. The van der Waals surface area contributed by atoms with Crippen LogP contribution in [0.15, 0.2) is 39.8 Å². The quantitative estimate of drug-likeness (QED) is 0.613. The first-order valence-corrected chi connectivity index (χ1v) is 12.2. The summed E-state index contributed by atoms with van der Waals surface area (Å²) in [5, 5.41) is 2.77. The molecule has 10 heteroatoms. The Kier molecular flexibility index (Phi) is 6.47. The van der Waals surface area contributed by atoms with Crippen molar-refractivity contribution >= 4 is 43.1 Å². The second-order valence-electron chi connectivity index (χ2n) is 7.45. The first-order chi connectivity index (χ1) is 14.0. The van der Waals surface area contributed by atoms with Crippen molar-refractivity contribution in [3.05, 3.63) is 46.1 Å². The molecule has 1 aromatic carbocycles. The van der Waals surface area contributed by atoms with Crippen LogP contribution in [0, 0.1) is 11.7 Å². The van der Waals surface area contributed by atoms with Gasteiger partial charge in [-0.05, 0) is 53.0 Å². The lowest BCUT2D eigenvalue weighted by Gasteiger charge is -2.25. The monoisotopic (exact) mass is 500 g/mol. The Hall–Kier alpha value is -2.07. The number of alkyl halides is 2. The van der Waals surface area contributed by atoms with E-state index in [1.165, 1.54) is 12.3 Å². The summed E-state index contributed by atoms with van der Waals surface area (Å²) < 4.78 is 48.0. The van der Waals surface area contributed by atoms with E-state index in [1.54, 1.807) is 36.2 Å². The zero-order valence-corrected chi connectivity index (χ0v) is 19.1. The number of hydrogen-bond donors (Lipinski definition) is 2. The fraction of sp³-hybridized carbons (Fsp3) is 0.400. The third kappa shape index (κ3) is 5.15. The molecule has 1 aliphatic rings. The van der Waals surface area contributed by atoms with Crippen LogP contribution in [0.5, 0.6) is 0 Å². The molecule has 6 nitrogen and oxygen atoms in total. The minimum absolute atomic E-state index is 0.105. The van der Waals surface area contributed by atoms with Gasteiger partial charge in [0.05, 0.1) is 15.3 Å². The van der Waals surface area contributed by atoms with Crippen LogP contribution in [0.1, 0.15) is 35.2 Å². The number of nitrogens with zero attached hydrogens (tertiary/aromatic N) is 2. The molecule has 2 aromatic rings. The van der Waals surface area contributed by atoms with Crippen molar-refractivity contribution in [2.24, 2.45) is 0 Å². The van der Waals surface area contributed by atoms with Crippen LogP contribution in [-0.2, 0) is 9.73 Å². The smallest absolute Gasteiger partial charge is 0.259 e. The zero-order valence-electron chi connectivity index (χ0n) is 16.7. The Balaban J connectivity index is 1.95. The number of carbonyl (C=O) groups excluding carboxylic acids is 1. The molecular formula is C20H23BrF2N4O2S. The zero-order chi connectivity index (χ0) is 22.1. The Labute approximate surface area is 183 Å². The number of rotatable bonds is 4. The third-order valence-corrected chi connectivity index (χ3v) is 7.00. The number of amides is 1. The standard InChI is InChI=1S/C20H23BrF2N4O2S/c1-13-16(21)12-25-18(27-9-4-7-20(22,23)8-10-27)17(13)19(28)26-14-5-3-6-15(11-14)30(2,24)29/h3,5-6,11-12,24H,4,7-10H2,1-2H3,(H,26,28)/t30-/m1/s1. The maximum absolute atomic E-state index is 13.8. The van der Waals surface area contributed by atoms with Crippen molar-refractivity contribution in [2.75, 3.05) is 29.6 Å². The number of anilines is 2. The van der Waals surface area contributed by atoms with Gasteiger partial charge in [0.2, 0.25) is 5.92 Å². The lowest BCUT2D eigenvalue weighted by molar-refractivity contribution is -0.0102. The van der Waals surface area contributed by atoms with E-state index in [-0.39, 0.29) is 19.4 Å². The highest BCUT2D eigenvalue weighted by molar-refractivity contribution is 9.10. The summed E-state index contributed by atoms with van der Waals surface area (Å²) in [5.74, 6) is -2.80. The van der Waals surface area contributed by atoms with E-state index < -0.39 is 21.6 Å². The lowest BCUT2D eigenvalue weighted by atomic mass is 10.1. The molecule has 0 radical (unpaired) electrons. The van der Waals surface area contributed by atoms with Gasteiger partial charge in [-0.15, -0.1) is 0 Å². The van der Waals surface area contributed by atoms with Crippen LogP contribution in [0.25, 0.3) is 0 Å². The van der Waals surface area contributed by atoms with Crippen LogP contribution < -0.4 is 10.2 Å². The molecule has 0 unspecified atom stereocenters. The molecule has 2 heterocycles.